The molecule has 0 bridgehead atoms. The van der Waals surface area contributed by atoms with Gasteiger partial charge in [-0.1, -0.05) is 6.92 Å². The Balaban J connectivity index is 2.58. The van der Waals surface area contributed by atoms with E-state index in [1.54, 1.807) is 13.8 Å². The fraction of sp³-hybridized carbons (Fsp3) is 0.333. The van der Waals surface area contributed by atoms with Crippen molar-refractivity contribution in [3.05, 3.63) is 41.2 Å². The number of carbonyl (C=O) groups excluding carboxylic acids is 2. The summed E-state index contributed by atoms with van der Waals surface area (Å²) in [6.07, 6.45) is -0.365. The third kappa shape index (κ3) is 2.43. The lowest BCUT2D eigenvalue weighted by atomic mass is 9.89. The molecule has 1 aliphatic rings. The molecule has 2 atom stereocenters. The number of Topliss-reactive ketones (excluding diaryl/α,β-unsaturated/α-hetero) is 1. The lowest BCUT2D eigenvalue weighted by molar-refractivity contribution is -0.139. The van der Waals surface area contributed by atoms with Gasteiger partial charge in [-0.25, -0.2) is 9.18 Å². The summed E-state index contributed by atoms with van der Waals surface area (Å²) >= 11 is 0. The van der Waals surface area contributed by atoms with Crippen molar-refractivity contribution in [2.75, 3.05) is 7.11 Å². The molecule has 0 radical (unpaired) electrons. The minimum absolute atomic E-state index is 0.121. The van der Waals surface area contributed by atoms with E-state index in [0.29, 0.717) is 5.56 Å². The van der Waals surface area contributed by atoms with Crippen LogP contribution in [-0.2, 0) is 19.1 Å². The maximum Gasteiger partial charge on any atom is 0.345 e. The molecule has 2 rings (SSSR count). The van der Waals surface area contributed by atoms with Crippen molar-refractivity contribution in [3.63, 3.8) is 0 Å². The summed E-state index contributed by atoms with van der Waals surface area (Å²) in [6.45, 7) is 3.44. The minimum Gasteiger partial charge on any atom is -0.488 e. The Morgan fingerprint density at radius 2 is 1.85 bits per heavy atom. The molecular weight excluding hydrogens is 263 g/mol. The highest BCUT2D eigenvalue weighted by Crippen LogP contribution is 2.32. The van der Waals surface area contributed by atoms with Crippen LogP contribution in [0.5, 0.6) is 0 Å². The third-order valence-corrected chi connectivity index (χ3v) is 3.39. The molecule has 4 nitrogen and oxygen atoms in total. The number of benzene rings is 1. The van der Waals surface area contributed by atoms with Crippen molar-refractivity contribution in [2.24, 2.45) is 5.92 Å². The van der Waals surface area contributed by atoms with Crippen molar-refractivity contribution in [2.45, 2.75) is 20.0 Å². The van der Waals surface area contributed by atoms with E-state index in [4.69, 9.17) is 4.74 Å². The Labute approximate surface area is 116 Å². The van der Waals surface area contributed by atoms with Gasteiger partial charge in [0.25, 0.3) is 0 Å². The van der Waals surface area contributed by atoms with Crippen molar-refractivity contribution < 1.29 is 23.5 Å². The second-order valence-corrected chi connectivity index (χ2v) is 4.68. The SMILES string of the molecule is COC(=O)C1=C(c2ccc(F)cc2)OC(C)C(C)C1=O. The van der Waals surface area contributed by atoms with E-state index in [-0.39, 0.29) is 23.2 Å². The highest BCUT2D eigenvalue weighted by Gasteiger charge is 2.38. The van der Waals surface area contributed by atoms with Crippen LogP contribution >= 0.6 is 0 Å². The van der Waals surface area contributed by atoms with Gasteiger partial charge in [0.05, 0.1) is 13.0 Å². The fourth-order valence-corrected chi connectivity index (χ4v) is 2.01. The number of carbonyl (C=O) groups is 2. The molecule has 20 heavy (non-hydrogen) atoms. The Bertz CT molecular complexity index is 574. The van der Waals surface area contributed by atoms with Crippen molar-refractivity contribution in [3.8, 4) is 0 Å². The minimum atomic E-state index is -0.743. The Morgan fingerprint density at radius 3 is 2.40 bits per heavy atom. The van der Waals surface area contributed by atoms with E-state index < -0.39 is 17.7 Å². The van der Waals surface area contributed by atoms with Crippen LogP contribution in [0.15, 0.2) is 29.8 Å². The molecule has 5 heteroatoms. The van der Waals surface area contributed by atoms with Gasteiger partial charge in [0.2, 0.25) is 0 Å². The number of halogens is 1. The summed E-state index contributed by atoms with van der Waals surface area (Å²) in [5, 5.41) is 0. The topological polar surface area (TPSA) is 52.6 Å². The van der Waals surface area contributed by atoms with Gasteiger partial charge >= 0.3 is 5.97 Å². The Morgan fingerprint density at radius 1 is 1.25 bits per heavy atom. The van der Waals surface area contributed by atoms with Gasteiger partial charge in [0.1, 0.15) is 23.3 Å². The van der Waals surface area contributed by atoms with Crippen molar-refractivity contribution >= 4 is 17.5 Å². The molecule has 0 aliphatic carbocycles. The fourth-order valence-electron chi connectivity index (χ4n) is 2.01. The number of hydrogen-bond donors (Lipinski definition) is 0. The van der Waals surface area contributed by atoms with Crippen LogP contribution in [0.2, 0.25) is 0 Å². The normalized spacial score (nSPS) is 22.5. The zero-order valence-electron chi connectivity index (χ0n) is 11.5. The van der Waals surface area contributed by atoms with Crippen LogP contribution in [0, 0.1) is 11.7 Å². The maximum absolute atomic E-state index is 13.0. The number of ketones is 1. The number of esters is 1. The third-order valence-electron chi connectivity index (χ3n) is 3.39. The van der Waals surface area contributed by atoms with Crippen LogP contribution in [0.4, 0.5) is 4.39 Å². The number of ether oxygens (including phenoxy) is 2. The van der Waals surface area contributed by atoms with Crippen LogP contribution < -0.4 is 0 Å². The summed E-state index contributed by atoms with van der Waals surface area (Å²) in [6, 6.07) is 5.41. The first-order valence-corrected chi connectivity index (χ1v) is 6.25. The first kappa shape index (κ1) is 14.2. The summed E-state index contributed by atoms with van der Waals surface area (Å²) in [5.41, 5.74) is 0.351. The molecule has 1 aromatic carbocycles. The van der Waals surface area contributed by atoms with Crippen LogP contribution in [-0.4, -0.2) is 25.0 Å². The van der Waals surface area contributed by atoms with Crippen molar-refractivity contribution in [1.82, 2.24) is 0 Å². The molecule has 0 aromatic heterocycles. The van der Waals surface area contributed by atoms with Gasteiger partial charge in [-0.05, 0) is 31.2 Å². The summed E-state index contributed by atoms with van der Waals surface area (Å²) in [4.78, 5) is 24.1. The average molecular weight is 278 g/mol. The molecule has 0 fully saturated rings. The van der Waals surface area contributed by atoms with E-state index in [9.17, 15) is 14.0 Å². The smallest absolute Gasteiger partial charge is 0.345 e. The molecule has 1 heterocycles. The molecule has 1 aliphatic heterocycles. The summed E-state index contributed by atoms with van der Waals surface area (Å²) in [7, 11) is 1.20. The molecule has 0 saturated carbocycles. The van der Waals surface area contributed by atoms with Gasteiger partial charge in [-0.3, -0.25) is 4.79 Å². The number of rotatable bonds is 2. The Kier molecular flexibility index (Phi) is 3.88. The highest BCUT2D eigenvalue weighted by molar-refractivity contribution is 6.23. The summed E-state index contributed by atoms with van der Waals surface area (Å²) in [5.74, 6) is -1.76. The molecule has 0 amide bonds. The first-order valence-electron chi connectivity index (χ1n) is 6.25. The largest absolute Gasteiger partial charge is 0.488 e. The van der Waals surface area contributed by atoms with Crippen LogP contribution in [0.25, 0.3) is 5.76 Å². The predicted octanol–water partition coefficient (Wildman–Crippen LogP) is 2.33. The molecular formula is C15H15FO4. The quantitative estimate of drug-likeness (QED) is 0.615. The highest BCUT2D eigenvalue weighted by atomic mass is 19.1. The summed E-state index contributed by atoms with van der Waals surface area (Å²) < 4.78 is 23.3. The van der Waals surface area contributed by atoms with E-state index in [1.165, 1.54) is 31.4 Å². The lowest BCUT2D eigenvalue weighted by Gasteiger charge is -2.29. The van der Waals surface area contributed by atoms with Crippen molar-refractivity contribution in [1.29, 1.82) is 0 Å². The van der Waals surface area contributed by atoms with Gasteiger partial charge in [0.15, 0.2) is 5.78 Å². The van der Waals surface area contributed by atoms with Gasteiger partial charge in [0, 0.05) is 5.56 Å². The number of methoxy groups -OCH3 is 1. The molecule has 0 N–H and O–H groups in total. The van der Waals surface area contributed by atoms with E-state index >= 15 is 0 Å². The predicted molar refractivity (Wildman–Crippen MR) is 70.1 cm³/mol. The van der Waals surface area contributed by atoms with Gasteiger partial charge in [-0.2, -0.15) is 0 Å². The molecule has 0 spiro atoms. The molecule has 1 aromatic rings. The average Bonchev–Trinajstić information content (AvgIpc) is 2.44. The Hall–Kier alpha value is -2.17. The standard InChI is InChI=1S/C15H15FO4/c1-8-9(2)20-14(10-4-6-11(16)7-5-10)12(13(8)17)15(18)19-3/h4-9H,1-3H3. The van der Waals surface area contributed by atoms with E-state index in [2.05, 4.69) is 4.74 Å². The van der Waals surface area contributed by atoms with Gasteiger partial charge < -0.3 is 9.47 Å². The second-order valence-electron chi connectivity index (χ2n) is 4.68. The second kappa shape index (κ2) is 5.45. The molecule has 2 unspecified atom stereocenters. The molecule has 106 valence electrons. The van der Waals surface area contributed by atoms with E-state index in [0.717, 1.165) is 0 Å². The van der Waals surface area contributed by atoms with Crippen LogP contribution in [0.1, 0.15) is 19.4 Å². The van der Waals surface area contributed by atoms with E-state index in [1.807, 2.05) is 0 Å². The lowest BCUT2D eigenvalue weighted by Crippen LogP contribution is -2.35. The van der Waals surface area contributed by atoms with Gasteiger partial charge in [-0.15, -0.1) is 0 Å². The first-order chi connectivity index (χ1) is 9.45. The van der Waals surface area contributed by atoms with Crippen LogP contribution in [0.3, 0.4) is 0 Å². The zero-order chi connectivity index (χ0) is 14.9. The number of hydrogen-bond acceptors (Lipinski definition) is 4. The zero-order valence-corrected chi connectivity index (χ0v) is 11.5. The monoisotopic (exact) mass is 278 g/mol. The molecule has 0 saturated heterocycles. The maximum atomic E-state index is 13.0.